The van der Waals surface area contributed by atoms with Crippen LogP contribution in [0.1, 0.15) is 16.7 Å². The molecule has 6 heteroatoms. The number of ketones is 1. The summed E-state index contributed by atoms with van der Waals surface area (Å²) in [5.74, 6) is 0.828. The maximum atomic E-state index is 12.4. The van der Waals surface area contributed by atoms with E-state index in [1.165, 1.54) is 18.5 Å². The van der Waals surface area contributed by atoms with Crippen LogP contribution in [0.2, 0.25) is 10.0 Å². The summed E-state index contributed by atoms with van der Waals surface area (Å²) in [7, 11) is 0. The highest BCUT2D eigenvalue weighted by Crippen LogP contribution is 2.30. The number of ether oxygens (including phenoxy) is 1. The number of hydrogen-bond donors (Lipinski definition) is 0. The summed E-state index contributed by atoms with van der Waals surface area (Å²) in [5.41, 5.74) is 3.23. The molecule has 1 aromatic heterocycles. The van der Waals surface area contributed by atoms with Crippen molar-refractivity contribution >= 4 is 52.0 Å². The van der Waals surface area contributed by atoms with Crippen LogP contribution in [-0.2, 0) is 4.79 Å². The van der Waals surface area contributed by atoms with Crippen molar-refractivity contribution in [1.29, 1.82) is 0 Å². The van der Waals surface area contributed by atoms with E-state index >= 15 is 0 Å². The Morgan fingerprint density at radius 3 is 2.47 bits per heavy atom. The fourth-order valence-electron chi connectivity index (χ4n) is 3.11. The summed E-state index contributed by atoms with van der Waals surface area (Å²) >= 11 is 12.3. The Hall–Kier alpha value is -3.47. The lowest BCUT2D eigenvalue weighted by Gasteiger charge is -2.10. The van der Waals surface area contributed by atoms with E-state index in [9.17, 15) is 4.79 Å². The monoisotopic (exact) mass is 460 g/mol. The van der Waals surface area contributed by atoms with Gasteiger partial charge < -0.3 is 4.74 Å². The van der Waals surface area contributed by atoms with Crippen LogP contribution in [-0.4, -0.2) is 15.8 Å². The molecule has 0 aliphatic rings. The first-order valence-electron chi connectivity index (χ1n) is 9.83. The molecule has 3 aromatic carbocycles. The van der Waals surface area contributed by atoms with E-state index in [1.54, 1.807) is 30.4 Å². The van der Waals surface area contributed by atoms with Gasteiger partial charge in [-0.1, -0.05) is 59.1 Å². The second kappa shape index (κ2) is 9.77. The lowest BCUT2D eigenvalue weighted by Crippen LogP contribution is -1.94. The second-order valence-electron chi connectivity index (χ2n) is 7.04. The van der Waals surface area contributed by atoms with Crippen LogP contribution >= 0.6 is 23.2 Å². The number of halogens is 2. The van der Waals surface area contributed by atoms with E-state index < -0.39 is 0 Å². The Morgan fingerprint density at radius 1 is 0.906 bits per heavy atom. The Kier molecular flexibility index (Phi) is 6.64. The van der Waals surface area contributed by atoms with Gasteiger partial charge in [0, 0.05) is 21.2 Å². The third-order valence-electron chi connectivity index (χ3n) is 4.72. The van der Waals surface area contributed by atoms with Crippen molar-refractivity contribution in [2.45, 2.75) is 6.92 Å². The number of carbonyl (C=O) groups excluding carboxylic acids is 1. The number of aromatic nitrogens is 2. The molecule has 0 unspecified atom stereocenters. The zero-order chi connectivity index (χ0) is 22.5. The molecule has 0 aliphatic heterocycles. The molecule has 0 bridgehead atoms. The van der Waals surface area contributed by atoms with Crippen LogP contribution in [0, 0.1) is 6.92 Å². The molecule has 0 atom stereocenters. The Labute approximate surface area is 195 Å². The fourth-order valence-corrected chi connectivity index (χ4v) is 3.63. The van der Waals surface area contributed by atoms with Gasteiger partial charge in [0.15, 0.2) is 5.78 Å². The van der Waals surface area contributed by atoms with Gasteiger partial charge in [-0.3, -0.25) is 4.79 Å². The SMILES string of the molecule is Cc1ccc2ncnc(Oc3ccccc3/C=C/C(=O)/C=C/c3c(Cl)cccc3Cl)c2c1. The fraction of sp³-hybridized carbons (Fsp3) is 0.0385. The highest BCUT2D eigenvalue weighted by Gasteiger charge is 2.09. The molecule has 0 radical (unpaired) electrons. The largest absolute Gasteiger partial charge is 0.438 e. The lowest BCUT2D eigenvalue weighted by molar-refractivity contribution is -0.110. The van der Waals surface area contributed by atoms with Crippen molar-refractivity contribution in [3.63, 3.8) is 0 Å². The van der Waals surface area contributed by atoms with Gasteiger partial charge >= 0.3 is 0 Å². The number of carbonyl (C=O) groups is 1. The van der Waals surface area contributed by atoms with E-state index in [4.69, 9.17) is 27.9 Å². The Bertz CT molecular complexity index is 1340. The second-order valence-corrected chi connectivity index (χ2v) is 7.86. The number of nitrogens with zero attached hydrogens (tertiary/aromatic N) is 2. The minimum absolute atomic E-state index is 0.209. The first-order valence-corrected chi connectivity index (χ1v) is 10.6. The van der Waals surface area contributed by atoms with E-state index in [0.29, 0.717) is 27.2 Å². The molecular weight excluding hydrogens is 443 g/mol. The van der Waals surface area contributed by atoms with E-state index in [0.717, 1.165) is 22.0 Å². The van der Waals surface area contributed by atoms with Crippen LogP contribution in [0.5, 0.6) is 11.6 Å². The normalized spacial score (nSPS) is 11.5. The summed E-state index contributed by atoms with van der Waals surface area (Å²) in [6, 6.07) is 18.5. The van der Waals surface area contributed by atoms with Crippen LogP contribution in [0.4, 0.5) is 0 Å². The van der Waals surface area contributed by atoms with Crippen LogP contribution < -0.4 is 4.74 Å². The van der Waals surface area contributed by atoms with E-state index in [2.05, 4.69) is 9.97 Å². The number of allylic oxidation sites excluding steroid dienone is 2. The van der Waals surface area contributed by atoms with E-state index in [-0.39, 0.29) is 5.78 Å². The molecule has 0 amide bonds. The third-order valence-corrected chi connectivity index (χ3v) is 5.38. The molecule has 0 aliphatic carbocycles. The summed E-state index contributed by atoms with van der Waals surface area (Å²) in [5, 5.41) is 1.79. The quantitative estimate of drug-likeness (QED) is 0.282. The molecular formula is C26H18Cl2N2O2. The highest BCUT2D eigenvalue weighted by atomic mass is 35.5. The molecule has 32 heavy (non-hydrogen) atoms. The molecule has 0 fully saturated rings. The number of rotatable bonds is 6. The average Bonchev–Trinajstić information content (AvgIpc) is 2.78. The summed E-state index contributed by atoms with van der Waals surface area (Å²) in [6.45, 7) is 2.00. The lowest BCUT2D eigenvalue weighted by atomic mass is 10.1. The van der Waals surface area contributed by atoms with Gasteiger partial charge in [-0.15, -0.1) is 0 Å². The molecule has 158 valence electrons. The average molecular weight is 461 g/mol. The van der Waals surface area contributed by atoms with Crippen molar-refractivity contribution in [3.05, 3.63) is 106 Å². The Balaban J connectivity index is 1.57. The van der Waals surface area contributed by atoms with Gasteiger partial charge in [0.05, 0.1) is 10.9 Å². The van der Waals surface area contributed by atoms with E-state index in [1.807, 2.05) is 49.4 Å². The Morgan fingerprint density at radius 2 is 1.66 bits per heavy atom. The zero-order valence-electron chi connectivity index (χ0n) is 17.1. The van der Waals surface area contributed by atoms with Crippen LogP contribution in [0.25, 0.3) is 23.1 Å². The third kappa shape index (κ3) is 5.05. The van der Waals surface area contributed by atoms with Crippen molar-refractivity contribution in [2.75, 3.05) is 0 Å². The van der Waals surface area contributed by atoms with Gasteiger partial charge in [0.2, 0.25) is 5.88 Å². The predicted octanol–water partition coefficient (Wildman–Crippen LogP) is 7.33. The van der Waals surface area contributed by atoms with Gasteiger partial charge in [-0.05, 0) is 61.6 Å². The maximum Gasteiger partial charge on any atom is 0.230 e. The molecule has 0 spiro atoms. The molecule has 0 N–H and O–H groups in total. The van der Waals surface area contributed by atoms with Gasteiger partial charge in [0.25, 0.3) is 0 Å². The number of aryl methyl sites for hydroxylation is 1. The minimum Gasteiger partial charge on any atom is -0.438 e. The smallest absolute Gasteiger partial charge is 0.230 e. The molecule has 4 rings (SSSR count). The topological polar surface area (TPSA) is 52.1 Å². The first-order chi connectivity index (χ1) is 15.5. The summed E-state index contributed by atoms with van der Waals surface area (Å²) in [4.78, 5) is 21.0. The number of para-hydroxylation sites is 1. The van der Waals surface area contributed by atoms with Crippen molar-refractivity contribution in [1.82, 2.24) is 9.97 Å². The number of benzene rings is 3. The van der Waals surface area contributed by atoms with Crippen LogP contribution in [0.15, 0.2) is 79.1 Å². The summed E-state index contributed by atoms with van der Waals surface area (Å²) in [6.07, 6.45) is 7.67. The molecule has 0 saturated heterocycles. The molecule has 4 nitrogen and oxygen atoms in total. The number of fused-ring (bicyclic) bond motifs is 1. The van der Waals surface area contributed by atoms with Gasteiger partial charge in [-0.2, -0.15) is 0 Å². The number of hydrogen-bond acceptors (Lipinski definition) is 4. The first kappa shape index (κ1) is 21.8. The predicted molar refractivity (Wildman–Crippen MR) is 130 cm³/mol. The van der Waals surface area contributed by atoms with Crippen LogP contribution in [0.3, 0.4) is 0 Å². The molecule has 1 heterocycles. The van der Waals surface area contributed by atoms with Crippen molar-refractivity contribution < 1.29 is 9.53 Å². The highest BCUT2D eigenvalue weighted by molar-refractivity contribution is 6.37. The van der Waals surface area contributed by atoms with Gasteiger partial charge in [0.1, 0.15) is 12.1 Å². The zero-order valence-corrected chi connectivity index (χ0v) is 18.6. The standard InChI is InChI=1S/C26H18Cl2N2O2/c1-17-9-14-24-21(15-17)26(30-16-29-24)32-25-8-3-2-5-18(25)10-11-19(31)12-13-20-22(27)6-4-7-23(20)28/h2-16H,1H3/b11-10+,13-12+. The minimum atomic E-state index is -0.209. The van der Waals surface area contributed by atoms with Crippen molar-refractivity contribution in [3.8, 4) is 11.6 Å². The summed E-state index contributed by atoms with van der Waals surface area (Å²) < 4.78 is 6.10. The maximum absolute atomic E-state index is 12.4. The molecule has 4 aromatic rings. The molecule has 0 saturated carbocycles. The van der Waals surface area contributed by atoms with Gasteiger partial charge in [-0.25, -0.2) is 9.97 Å². The van der Waals surface area contributed by atoms with Crippen molar-refractivity contribution in [2.24, 2.45) is 0 Å².